The molecule has 5 nitrogen and oxygen atoms in total. The van der Waals surface area contributed by atoms with E-state index >= 15 is 0 Å². The highest BCUT2D eigenvalue weighted by Crippen LogP contribution is 2.41. The Morgan fingerprint density at radius 3 is 2.77 bits per heavy atom. The minimum Gasteiger partial charge on any atom is -0.488 e. The summed E-state index contributed by atoms with van der Waals surface area (Å²) in [6, 6.07) is 17.0. The first-order chi connectivity index (χ1) is 15.1. The van der Waals surface area contributed by atoms with Crippen molar-refractivity contribution in [1.82, 2.24) is 0 Å². The second-order valence-corrected chi connectivity index (χ2v) is 7.81. The molecular weight excluding hydrogens is 416 g/mol. The summed E-state index contributed by atoms with van der Waals surface area (Å²) in [7, 11) is 0. The van der Waals surface area contributed by atoms with Crippen molar-refractivity contribution in [2.24, 2.45) is 0 Å². The van der Waals surface area contributed by atoms with Crippen LogP contribution in [0.1, 0.15) is 32.6 Å². The molecule has 0 spiro atoms. The van der Waals surface area contributed by atoms with E-state index in [4.69, 9.17) is 30.5 Å². The fourth-order valence-electron chi connectivity index (χ4n) is 3.72. The van der Waals surface area contributed by atoms with Crippen LogP contribution in [-0.4, -0.2) is 12.6 Å². The Labute approximate surface area is 184 Å². The highest BCUT2D eigenvalue weighted by Gasteiger charge is 2.31. The van der Waals surface area contributed by atoms with E-state index in [9.17, 15) is 4.79 Å². The van der Waals surface area contributed by atoms with Crippen LogP contribution in [0.4, 0.5) is 0 Å². The normalized spacial score (nSPS) is 15.8. The molecular formula is C25H19ClO5. The van der Waals surface area contributed by atoms with E-state index in [-0.39, 0.29) is 18.3 Å². The van der Waals surface area contributed by atoms with Gasteiger partial charge >= 0.3 is 0 Å². The van der Waals surface area contributed by atoms with Gasteiger partial charge in [0.15, 0.2) is 12.6 Å². The van der Waals surface area contributed by atoms with Crippen LogP contribution in [0.15, 0.2) is 60.4 Å². The maximum Gasteiger partial charge on any atom is 0.231 e. The highest BCUT2D eigenvalue weighted by atomic mass is 35.5. The smallest absolute Gasteiger partial charge is 0.231 e. The third kappa shape index (κ3) is 3.78. The fourth-order valence-corrected chi connectivity index (χ4v) is 3.97. The van der Waals surface area contributed by atoms with Gasteiger partial charge in [0.25, 0.3) is 0 Å². The summed E-state index contributed by atoms with van der Waals surface area (Å²) < 4.78 is 22.9. The highest BCUT2D eigenvalue weighted by molar-refractivity contribution is 6.31. The third-order valence-corrected chi connectivity index (χ3v) is 5.48. The van der Waals surface area contributed by atoms with E-state index in [1.807, 2.05) is 43.3 Å². The van der Waals surface area contributed by atoms with E-state index in [2.05, 4.69) is 0 Å². The predicted octanol–water partition coefficient (Wildman–Crippen LogP) is 5.71. The summed E-state index contributed by atoms with van der Waals surface area (Å²) in [5.41, 5.74) is 3.87. The number of benzene rings is 3. The number of ether oxygens (including phenoxy) is 4. The molecule has 31 heavy (non-hydrogen) atoms. The summed E-state index contributed by atoms with van der Waals surface area (Å²) in [6.07, 6.45) is 1.67. The minimum absolute atomic E-state index is 0.154. The first-order valence-corrected chi connectivity index (χ1v) is 10.3. The predicted molar refractivity (Wildman–Crippen MR) is 117 cm³/mol. The van der Waals surface area contributed by atoms with E-state index in [1.165, 1.54) is 0 Å². The van der Waals surface area contributed by atoms with Gasteiger partial charge < -0.3 is 18.9 Å². The van der Waals surface area contributed by atoms with Crippen molar-refractivity contribution in [3.05, 3.63) is 93.2 Å². The van der Waals surface area contributed by atoms with Gasteiger partial charge in [-0.1, -0.05) is 41.9 Å². The van der Waals surface area contributed by atoms with Gasteiger partial charge in [-0.2, -0.15) is 0 Å². The molecule has 0 unspecified atom stereocenters. The number of hydrogen-bond donors (Lipinski definition) is 0. The number of rotatable bonds is 4. The Morgan fingerprint density at radius 2 is 1.94 bits per heavy atom. The zero-order chi connectivity index (χ0) is 21.4. The maximum absolute atomic E-state index is 13.0. The number of fused-ring (bicyclic) bond motifs is 2. The van der Waals surface area contributed by atoms with Gasteiger partial charge in [0, 0.05) is 21.7 Å². The van der Waals surface area contributed by atoms with E-state index in [0.717, 1.165) is 16.7 Å². The van der Waals surface area contributed by atoms with Crippen molar-refractivity contribution >= 4 is 23.5 Å². The molecule has 2 heterocycles. The number of allylic oxidation sites excluding steroid dienone is 1. The molecule has 5 rings (SSSR count). The van der Waals surface area contributed by atoms with Crippen LogP contribution in [0.25, 0.3) is 6.08 Å². The number of hydrogen-bond acceptors (Lipinski definition) is 5. The van der Waals surface area contributed by atoms with Crippen molar-refractivity contribution < 1.29 is 23.7 Å². The zero-order valence-electron chi connectivity index (χ0n) is 16.8. The minimum atomic E-state index is -0.187. The van der Waals surface area contributed by atoms with Crippen LogP contribution < -0.4 is 14.2 Å². The molecule has 0 saturated carbocycles. The summed E-state index contributed by atoms with van der Waals surface area (Å²) in [5, 5.41) is 0.537. The van der Waals surface area contributed by atoms with Crippen LogP contribution in [-0.2, 0) is 18.0 Å². The molecule has 0 bridgehead atoms. The first-order valence-electron chi connectivity index (χ1n) is 9.87. The van der Waals surface area contributed by atoms with Crippen LogP contribution in [0.3, 0.4) is 0 Å². The monoisotopic (exact) mass is 434 g/mol. The third-order valence-electron chi connectivity index (χ3n) is 5.26. The Bertz CT molecular complexity index is 1200. The average Bonchev–Trinajstić information content (AvgIpc) is 3.10. The van der Waals surface area contributed by atoms with Gasteiger partial charge in [-0.25, -0.2) is 0 Å². The summed E-state index contributed by atoms with van der Waals surface area (Å²) in [4.78, 5) is 13.0. The van der Waals surface area contributed by atoms with Gasteiger partial charge in [0.2, 0.25) is 5.78 Å². The van der Waals surface area contributed by atoms with Crippen LogP contribution in [0.2, 0.25) is 5.02 Å². The lowest BCUT2D eigenvalue weighted by Crippen LogP contribution is -2.12. The summed E-state index contributed by atoms with van der Waals surface area (Å²) >= 11 is 6.24. The Hall–Kier alpha value is -3.28. The van der Waals surface area contributed by atoms with Crippen molar-refractivity contribution in [3.8, 4) is 17.2 Å². The molecule has 6 heteroatoms. The van der Waals surface area contributed by atoms with Crippen molar-refractivity contribution in [2.75, 3.05) is 6.79 Å². The maximum atomic E-state index is 13.0. The Kier molecular flexibility index (Phi) is 5.14. The second-order valence-electron chi connectivity index (χ2n) is 7.37. The quantitative estimate of drug-likeness (QED) is 0.492. The molecule has 0 atom stereocenters. The number of halogens is 1. The largest absolute Gasteiger partial charge is 0.488 e. The number of carbonyl (C=O) groups is 1. The molecule has 0 fully saturated rings. The number of Topliss-reactive ketones (excluding diaryl/α,β-unsaturated/α-hetero) is 1. The molecule has 0 N–H and O–H groups in total. The lowest BCUT2D eigenvalue weighted by molar-refractivity contribution is -0.0165. The number of ketones is 1. The van der Waals surface area contributed by atoms with Crippen molar-refractivity contribution in [2.45, 2.75) is 20.1 Å². The fraction of sp³-hybridized carbons (Fsp3) is 0.160. The van der Waals surface area contributed by atoms with Crippen molar-refractivity contribution in [3.63, 3.8) is 0 Å². The second kappa shape index (κ2) is 8.10. The average molecular weight is 435 g/mol. The topological polar surface area (TPSA) is 54.0 Å². The SMILES string of the molecule is Cc1c(OCc2ccccc2)ccc2c1O/C(=C\c1cc(Cl)cc3c1OCOC3)C2=O. The van der Waals surface area contributed by atoms with E-state index in [1.54, 1.807) is 24.3 Å². The lowest BCUT2D eigenvalue weighted by atomic mass is 10.0. The van der Waals surface area contributed by atoms with Gasteiger partial charge in [-0.3, -0.25) is 4.79 Å². The number of carbonyl (C=O) groups excluding carboxylic acids is 1. The Balaban J connectivity index is 1.44. The first kappa shape index (κ1) is 19.7. The molecule has 0 aromatic heterocycles. The van der Waals surface area contributed by atoms with Gasteiger partial charge in [0.1, 0.15) is 23.9 Å². The van der Waals surface area contributed by atoms with Gasteiger partial charge in [-0.05, 0) is 42.8 Å². The Morgan fingerprint density at radius 1 is 1.10 bits per heavy atom. The molecule has 2 aliphatic heterocycles. The molecule has 156 valence electrons. The summed E-state index contributed by atoms with van der Waals surface area (Å²) in [5.74, 6) is 1.88. The van der Waals surface area contributed by atoms with Crippen molar-refractivity contribution in [1.29, 1.82) is 0 Å². The van der Waals surface area contributed by atoms with Gasteiger partial charge in [-0.15, -0.1) is 0 Å². The van der Waals surface area contributed by atoms with Crippen LogP contribution in [0.5, 0.6) is 17.2 Å². The summed E-state index contributed by atoms with van der Waals surface area (Å²) in [6.45, 7) is 2.88. The standard InChI is InChI=1S/C25H19ClO5/c1-15-21(29-12-16-5-3-2-4-6-16)8-7-20-23(27)22(31-24(15)20)11-17-9-19(26)10-18-13-28-14-30-25(17)18/h2-11H,12-14H2,1H3/b22-11-. The van der Waals surface area contributed by atoms with Crippen LogP contribution in [0, 0.1) is 6.92 Å². The van der Waals surface area contributed by atoms with Crippen LogP contribution >= 0.6 is 11.6 Å². The zero-order valence-corrected chi connectivity index (χ0v) is 17.6. The molecule has 0 saturated heterocycles. The molecule has 0 aliphatic carbocycles. The molecule has 0 radical (unpaired) electrons. The molecule has 2 aliphatic rings. The molecule has 3 aromatic carbocycles. The lowest BCUT2D eigenvalue weighted by Gasteiger charge is -2.20. The van der Waals surface area contributed by atoms with E-state index in [0.29, 0.717) is 46.6 Å². The molecule has 3 aromatic rings. The van der Waals surface area contributed by atoms with E-state index < -0.39 is 0 Å². The molecule has 0 amide bonds. The van der Waals surface area contributed by atoms with Gasteiger partial charge in [0.05, 0.1) is 12.2 Å².